The SMILES string of the molecule is O=C(Nc1ccc2c(c1)OCO2)C1CNc2ccccc21. The van der Waals surface area contributed by atoms with E-state index in [9.17, 15) is 4.79 Å². The van der Waals surface area contributed by atoms with Gasteiger partial charge < -0.3 is 20.1 Å². The number of carbonyl (C=O) groups excluding carboxylic acids is 1. The van der Waals surface area contributed by atoms with Crippen molar-refractivity contribution in [3.8, 4) is 11.5 Å². The third kappa shape index (κ3) is 2.07. The summed E-state index contributed by atoms with van der Waals surface area (Å²) in [6, 6.07) is 13.3. The van der Waals surface area contributed by atoms with Crippen LogP contribution in [0.25, 0.3) is 0 Å². The number of hydrogen-bond acceptors (Lipinski definition) is 4. The first-order valence-corrected chi connectivity index (χ1v) is 6.84. The second kappa shape index (κ2) is 4.70. The second-order valence-electron chi connectivity index (χ2n) is 5.08. The first-order chi connectivity index (χ1) is 10.3. The Morgan fingerprint density at radius 1 is 1.14 bits per heavy atom. The third-order valence-corrected chi connectivity index (χ3v) is 3.79. The van der Waals surface area contributed by atoms with Gasteiger partial charge in [0.05, 0.1) is 5.92 Å². The number of fused-ring (bicyclic) bond motifs is 2. The Balaban J connectivity index is 1.54. The molecule has 106 valence electrons. The van der Waals surface area contributed by atoms with E-state index in [1.807, 2.05) is 30.3 Å². The van der Waals surface area contributed by atoms with E-state index in [1.165, 1.54) is 0 Å². The maximum Gasteiger partial charge on any atom is 0.233 e. The highest BCUT2D eigenvalue weighted by Crippen LogP contribution is 2.35. The Bertz CT molecular complexity index is 714. The largest absolute Gasteiger partial charge is 0.454 e. The molecule has 21 heavy (non-hydrogen) atoms. The maximum atomic E-state index is 12.5. The molecule has 2 heterocycles. The average molecular weight is 282 g/mol. The van der Waals surface area contributed by atoms with Gasteiger partial charge in [-0.15, -0.1) is 0 Å². The Labute approximate surface area is 121 Å². The maximum absolute atomic E-state index is 12.5. The molecule has 0 fully saturated rings. The minimum absolute atomic E-state index is 0.0219. The van der Waals surface area contributed by atoms with Gasteiger partial charge in [-0.3, -0.25) is 4.79 Å². The first kappa shape index (κ1) is 12.1. The summed E-state index contributed by atoms with van der Waals surface area (Å²) in [5, 5.41) is 6.19. The van der Waals surface area contributed by atoms with Crippen LogP contribution in [0.15, 0.2) is 42.5 Å². The number of carbonyl (C=O) groups is 1. The van der Waals surface area contributed by atoms with Gasteiger partial charge in [0.2, 0.25) is 12.7 Å². The predicted molar refractivity (Wildman–Crippen MR) is 78.9 cm³/mol. The highest BCUT2D eigenvalue weighted by molar-refractivity contribution is 5.98. The lowest BCUT2D eigenvalue weighted by atomic mass is 10.0. The number of nitrogens with one attached hydrogen (secondary N) is 2. The quantitative estimate of drug-likeness (QED) is 0.888. The van der Waals surface area contributed by atoms with Gasteiger partial charge in [0.15, 0.2) is 11.5 Å². The van der Waals surface area contributed by atoms with Crippen LogP contribution < -0.4 is 20.1 Å². The van der Waals surface area contributed by atoms with Crippen LogP contribution in [-0.4, -0.2) is 19.2 Å². The summed E-state index contributed by atoms with van der Waals surface area (Å²) >= 11 is 0. The molecule has 2 aromatic carbocycles. The zero-order valence-electron chi connectivity index (χ0n) is 11.3. The van der Waals surface area contributed by atoms with Crippen LogP contribution in [0, 0.1) is 0 Å². The molecule has 5 nitrogen and oxygen atoms in total. The van der Waals surface area contributed by atoms with Crippen molar-refractivity contribution in [2.24, 2.45) is 0 Å². The molecule has 0 bridgehead atoms. The van der Waals surface area contributed by atoms with Crippen molar-refractivity contribution >= 4 is 17.3 Å². The molecule has 0 aromatic heterocycles. The minimum Gasteiger partial charge on any atom is -0.454 e. The molecule has 1 atom stereocenters. The van der Waals surface area contributed by atoms with Crippen LogP contribution in [0.4, 0.5) is 11.4 Å². The van der Waals surface area contributed by atoms with E-state index in [1.54, 1.807) is 12.1 Å². The molecular weight excluding hydrogens is 268 g/mol. The summed E-state index contributed by atoms with van der Waals surface area (Å²) in [5.41, 5.74) is 2.78. The highest BCUT2D eigenvalue weighted by atomic mass is 16.7. The summed E-state index contributed by atoms with van der Waals surface area (Å²) in [4.78, 5) is 12.5. The molecule has 1 unspecified atom stereocenters. The lowest BCUT2D eigenvalue weighted by Gasteiger charge is -2.11. The molecule has 0 saturated carbocycles. The summed E-state index contributed by atoms with van der Waals surface area (Å²) in [5.74, 6) is 1.18. The van der Waals surface area contributed by atoms with Gasteiger partial charge in [0, 0.05) is 24.0 Å². The van der Waals surface area contributed by atoms with Gasteiger partial charge in [0.25, 0.3) is 0 Å². The van der Waals surface area contributed by atoms with Crippen LogP contribution in [0.3, 0.4) is 0 Å². The molecule has 5 heteroatoms. The van der Waals surface area contributed by atoms with Gasteiger partial charge in [-0.25, -0.2) is 0 Å². The van der Waals surface area contributed by atoms with Crippen molar-refractivity contribution in [1.82, 2.24) is 0 Å². The Morgan fingerprint density at radius 3 is 2.95 bits per heavy atom. The Kier molecular flexibility index (Phi) is 2.70. The highest BCUT2D eigenvalue weighted by Gasteiger charge is 2.28. The van der Waals surface area contributed by atoms with Gasteiger partial charge in [-0.2, -0.15) is 0 Å². The van der Waals surface area contributed by atoms with Crippen molar-refractivity contribution in [2.45, 2.75) is 5.92 Å². The van der Waals surface area contributed by atoms with E-state index < -0.39 is 0 Å². The number of rotatable bonds is 2. The van der Waals surface area contributed by atoms with Gasteiger partial charge in [-0.1, -0.05) is 18.2 Å². The van der Waals surface area contributed by atoms with Crippen LogP contribution in [0.5, 0.6) is 11.5 Å². The zero-order valence-corrected chi connectivity index (χ0v) is 11.3. The van der Waals surface area contributed by atoms with Crippen molar-refractivity contribution < 1.29 is 14.3 Å². The normalized spacial score (nSPS) is 18.0. The molecule has 0 saturated heterocycles. The van der Waals surface area contributed by atoms with E-state index in [-0.39, 0.29) is 18.6 Å². The molecule has 2 aliphatic heterocycles. The Hall–Kier alpha value is -2.69. The number of hydrogen-bond donors (Lipinski definition) is 2. The van der Waals surface area contributed by atoms with Crippen LogP contribution in [0.1, 0.15) is 11.5 Å². The van der Waals surface area contributed by atoms with E-state index >= 15 is 0 Å². The van der Waals surface area contributed by atoms with E-state index in [4.69, 9.17) is 9.47 Å². The molecule has 0 radical (unpaired) electrons. The Morgan fingerprint density at radius 2 is 2.00 bits per heavy atom. The van der Waals surface area contributed by atoms with Crippen molar-refractivity contribution in [2.75, 3.05) is 24.0 Å². The van der Waals surface area contributed by atoms with Gasteiger partial charge in [0.1, 0.15) is 0 Å². The van der Waals surface area contributed by atoms with Crippen LogP contribution in [-0.2, 0) is 4.79 Å². The van der Waals surface area contributed by atoms with Crippen LogP contribution in [0.2, 0.25) is 0 Å². The number of anilines is 2. The van der Waals surface area contributed by atoms with Gasteiger partial charge >= 0.3 is 0 Å². The lowest BCUT2D eigenvalue weighted by Crippen LogP contribution is -2.22. The van der Waals surface area contributed by atoms with Crippen molar-refractivity contribution in [3.05, 3.63) is 48.0 Å². The molecule has 2 aromatic rings. The van der Waals surface area contributed by atoms with E-state index in [2.05, 4.69) is 10.6 Å². The van der Waals surface area contributed by atoms with Crippen LogP contribution >= 0.6 is 0 Å². The fourth-order valence-corrected chi connectivity index (χ4v) is 2.72. The molecule has 4 rings (SSSR count). The third-order valence-electron chi connectivity index (χ3n) is 3.79. The fourth-order valence-electron chi connectivity index (χ4n) is 2.72. The number of amides is 1. The van der Waals surface area contributed by atoms with E-state index in [0.717, 1.165) is 11.3 Å². The number of benzene rings is 2. The van der Waals surface area contributed by atoms with Crippen molar-refractivity contribution in [3.63, 3.8) is 0 Å². The monoisotopic (exact) mass is 282 g/mol. The zero-order chi connectivity index (χ0) is 14.2. The standard InChI is InChI=1S/C16H14N2O3/c19-16(12-8-17-13-4-2-1-3-11(12)13)18-10-5-6-14-15(7-10)21-9-20-14/h1-7,12,17H,8-9H2,(H,18,19). The lowest BCUT2D eigenvalue weighted by molar-refractivity contribution is -0.117. The first-order valence-electron chi connectivity index (χ1n) is 6.84. The molecule has 2 N–H and O–H groups in total. The minimum atomic E-state index is -0.174. The molecule has 0 aliphatic carbocycles. The summed E-state index contributed by atoms with van der Waals surface area (Å²) in [6.07, 6.45) is 0. The molecule has 1 amide bonds. The van der Waals surface area contributed by atoms with Crippen molar-refractivity contribution in [1.29, 1.82) is 0 Å². The van der Waals surface area contributed by atoms with Gasteiger partial charge in [-0.05, 0) is 23.8 Å². The number of para-hydroxylation sites is 1. The topological polar surface area (TPSA) is 59.6 Å². The second-order valence-corrected chi connectivity index (χ2v) is 5.08. The van der Waals surface area contributed by atoms with E-state index in [0.29, 0.717) is 23.7 Å². The summed E-state index contributed by atoms with van der Waals surface area (Å²) in [7, 11) is 0. The number of ether oxygens (including phenoxy) is 2. The smallest absolute Gasteiger partial charge is 0.233 e. The fraction of sp³-hybridized carbons (Fsp3) is 0.188. The summed E-state index contributed by atoms with van der Waals surface area (Å²) < 4.78 is 10.6. The summed E-state index contributed by atoms with van der Waals surface area (Å²) in [6.45, 7) is 0.850. The predicted octanol–water partition coefficient (Wildman–Crippen LogP) is 2.56. The average Bonchev–Trinajstić information content (AvgIpc) is 3.13. The molecule has 2 aliphatic rings. The molecular formula is C16H14N2O3. The molecule has 0 spiro atoms.